The van der Waals surface area contributed by atoms with Gasteiger partial charge in [0.1, 0.15) is 6.33 Å². The molecule has 0 saturated heterocycles. The van der Waals surface area contributed by atoms with E-state index in [0.29, 0.717) is 18.2 Å². The Bertz CT molecular complexity index is 513. The third kappa shape index (κ3) is 3.09. The Morgan fingerprint density at radius 1 is 1.17 bits per heavy atom. The van der Waals surface area contributed by atoms with E-state index in [4.69, 9.17) is 10.5 Å². The van der Waals surface area contributed by atoms with Crippen LogP contribution in [0.3, 0.4) is 0 Å². The zero-order valence-corrected chi connectivity index (χ0v) is 10.7. The molecule has 4 nitrogen and oxygen atoms in total. The molecular formula is C14H19N3O. The number of nitrogens with zero attached hydrogens (tertiary/aromatic N) is 2. The number of benzene rings is 1. The molecule has 0 aliphatic carbocycles. The fourth-order valence-electron chi connectivity index (χ4n) is 1.86. The van der Waals surface area contributed by atoms with Crippen LogP contribution in [0.25, 0.3) is 10.9 Å². The van der Waals surface area contributed by atoms with E-state index in [1.54, 1.807) is 0 Å². The maximum atomic E-state index is 5.78. The minimum absolute atomic E-state index is 0.629. The Kier molecular flexibility index (Phi) is 4.34. The second kappa shape index (κ2) is 6.19. The van der Waals surface area contributed by atoms with Crippen LogP contribution in [0.5, 0.6) is 5.88 Å². The second-order valence-electron chi connectivity index (χ2n) is 4.36. The number of hydrogen-bond donors (Lipinski definition) is 1. The van der Waals surface area contributed by atoms with Gasteiger partial charge in [0, 0.05) is 5.69 Å². The maximum Gasteiger partial charge on any atom is 0.224 e. The van der Waals surface area contributed by atoms with Crippen molar-refractivity contribution in [1.82, 2.24) is 9.97 Å². The predicted octanol–water partition coefficient (Wildman–Crippen LogP) is 3.17. The van der Waals surface area contributed by atoms with Crippen LogP contribution in [-0.4, -0.2) is 16.6 Å². The largest absolute Gasteiger partial charge is 0.477 e. The van der Waals surface area contributed by atoms with Gasteiger partial charge in [-0.1, -0.05) is 26.2 Å². The quantitative estimate of drug-likeness (QED) is 0.627. The molecule has 0 saturated carbocycles. The molecule has 1 aromatic carbocycles. The number of ether oxygens (including phenoxy) is 1. The average molecular weight is 245 g/mol. The number of aromatic nitrogens is 2. The Hall–Kier alpha value is -1.84. The highest BCUT2D eigenvalue weighted by atomic mass is 16.5. The van der Waals surface area contributed by atoms with Crippen LogP contribution in [-0.2, 0) is 0 Å². The summed E-state index contributed by atoms with van der Waals surface area (Å²) in [5.74, 6) is 0.629. The number of rotatable bonds is 6. The molecule has 2 aromatic rings. The third-order valence-electron chi connectivity index (χ3n) is 2.86. The lowest BCUT2D eigenvalue weighted by atomic mass is 10.2. The molecular weight excluding hydrogens is 226 g/mol. The molecule has 0 spiro atoms. The summed E-state index contributed by atoms with van der Waals surface area (Å²) < 4.78 is 5.71. The first-order valence-corrected chi connectivity index (χ1v) is 6.44. The first-order valence-electron chi connectivity index (χ1n) is 6.44. The van der Waals surface area contributed by atoms with Crippen LogP contribution >= 0.6 is 0 Å². The van der Waals surface area contributed by atoms with Crippen molar-refractivity contribution in [3.05, 3.63) is 24.5 Å². The predicted molar refractivity (Wildman–Crippen MR) is 73.6 cm³/mol. The molecule has 96 valence electrons. The maximum absolute atomic E-state index is 5.78. The molecule has 0 aliphatic heterocycles. The third-order valence-corrected chi connectivity index (χ3v) is 2.86. The molecule has 2 N–H and O–H groups in total. The molecule has 0 amide bonds. The van der Waals surface area contributed by atoms with Crippen molar-refractivity contribution in [2.75, 3.05) is 12.3 Å². The highest BCUT2D eigenvalue weighted by molar-refractivity contribution is 5.86. The lowest BCUT2D eigenvalue weighted by molar-refractivity contribution is 0.297. The van der Waals surface area contributed by atoms with E-state index < -0.39 is 0 Å². The van der Waals surface area contributed by atoms with Crippen LogP contribution < -0.4 is 10.5 Å². The molecule has 0 atom stereocenters. The van der Waals surface area contributed by atoms with Crippen molar-refractivity contribution in [1.29, 1.82) is 0 Å². The Balaban J connectivity index is 2.05. The number of nitrogens with two attached hydrogens (primary N) is 1. The summed E-state index contributed by atoms with van der Waals surface area (Å²) in [6.07, 6.45) is 6.26. The van der Waals surface area contributed by atoms with Crippen molar-refractivity contribution in [2.24, 2.45) is 0 Å². The number of unbranched alkanes of at least 4 members (excludes halogenated alkanes) is 3. The van der Waals surface area contributed by atoms with Crippen molar-refractivity contribution in [3.8, 4) is 5.88 Å². The van der Waals surface area contributed by atoms with Gasteiger partial charge in [0.05, 0.1) is 17.5 Å². The molecule has 0 bridgehead atoms. The van der Waals surface area contributed by atoms with Gasteiger partial charge < -0.3 is 10.5 Å². The fourth-order valence-corrected chi connectivity index (χ4v) is 1.86. The van der Waals surface area contributed by atoms with Gasteiger partial charge in [-0.25, -0.2) is 9.97 Å². The van der Waals surface area contributed by atoms with E-state index in [1.165, 1.54) is 25.6 Å². The smallest absolute Gasteiger partial charge is 0.224 e. The van der Waals surface area contributed by atoms with E-state index in [1.807, 2.05) is 18.2 Å². The summed E-state index contributed by atoms with van der Waals surface area (Å²) in [5, 5.41) is 0.882. The minimum atomic E-state index is 0.629. The Labute approximate surface area is 107 Å². The number of fused-ring (bicyclic) bond motifs is 1. The molecule has 0 fully saturated rings. The summed E-state index contributed by atoms with van der Waals surface area (Å²) in [6, 6.07) is 5.58. The molecule has 1 aromatic heterocycles. The SMILES string of the molecule is CCCCCCOc1ncnc2ccc(N)cc12. The van der Waals surface area contributed by atoms with E-state index in [9.17, 15) is 0 Å². The van der Waals surface area contributed by atoms with Gasteiger partial charge in [-0.3, -0.25) is 0 Å². The minimum Gasteiger partial charge on any atom is -0.477 e. The van der Waals surface area contributed by atoms with Crippen molar-refractivity contribution in [2.45, 2.75) is 32.6 Å². The van der Waals surface area contributed by atoms with Gasteiger partial charge in [-0.2, -0.15) is 0 Å². The first kappa shape index (κ1) is 12.6. The highest BCUT2D eigenvalue weighted by Gasteiger charge is 2.04. The van der Waals surface area contributed by atoms with Gasteiger partial charge in [0.15, 0.2) is 0 Å². The van der Waals surface area contributed by atoms with E-state index in [2.05, 4.69) is 16.9 Å². The lowest BCUT2D eigenvalue weighted by Gasteiger charge is -2.07. The average Bonchev–Trinajstić information content (AvgIpc) is 2.39. The Morgan fingerprint density at radius 2 is 2.06 bits per heavy atom. The first-order chi connectivity index (χ1) is 8.81. The number of anilines is 1. The lowest BCUT2D eigenvalue weighted by Crippen LogP contribution is -2.00. The molecule has 4 heteroatoms. The van der Waals surface area contributed by atoms with Crippen LogP contribution in [0.4, 0.5) is 5.69 Å². The van der Waals surface area contributed by atoms with Crippen molar-refractivity contribution >= 4 is 16.6 Å². The standard InChI is InChI=1S/C14H19N3O/c1-2-3-4-5-8-18-14-12-9-11(15)6-7-13(12)16-10-17-14/h6-7,9-10H,2-5,8,15H2,1H3. The van der Waals surface area contributed by atoms with Crippen molar-refractivity contribution in [3.63, 3.8) is 0 Å². The van der Waals surface area contributed by atoms with Crippen LogP contribution in [0, 0.1) is 0 Å². The molecule has 0 unspecified atom stereocenters. The van der Waals surface area contributed by atoms with Gasteiger partial charge in [0.2, 0.25) is 5.88 Å². The Morgan fingerprint density at radius 3 is 2.89 bits per heavy atom. The molecule has 2 rings (SSSR count). The molecule has 0 radical (unpaired) electrons. The summed E-state index contributed by atoms with van der Waals surface area (Å²) in [5.41, 5.74) is 7.34. The molecule has 1 heterocycles. The summed E-state index contributed by atoms with van der Waals surface area (Å²) in [6.45, 7) is 2.89. The van der Waals surface area contributed by atoms with Gasteiger partial charge in [-0.15, -0.1) is 0 Å². The van der Waals surface area contributed by atoms with E-state index in [-0.39, 0.29) is 0 Å². The van der Waals surface area contributed by atoms with Crippen LogP contribution in [0.1, 0.15) is 32.6 Å². The van der Waals surface area contributed by atoms with Crippen LogP contribution in [0.2, 0.25) is 0 Å². The molecule has 0 aliphatic rings. The molecule has 18 heavy (non-hydrogen) atoms. The number of nitrogen functional groups attached to an aromatic ring is 1. The summed E-state index contributed by atoms with van der Waals surface area (Å²) in [4.78, 5) is 8.37. The number of hydrogen-bond acceptors (Lipinski definition) is 4. The zero-order chi connectivity index (χ0) is 12.8. The normalized spacial score (nSPS) is 10.7. The fraction of sp³-hybridized carbons (Fsp3) is 0.429. The second-order valence-corrected chi connectivity index (χ2v) is 4.36. The topological polar surface area (TPSA) is 61.0 Å². The van der Waals surface area contributed by atoms with E-state index in [0.717, 1.165) is 17.3 Å². The van der Waals surface area contributed by atoms with Gasteiger partial charge >= 0.3 is 0 Å². The highest BCUT2D eigenvalue weighted by Crippen LogP contribution is 2.23. The van der Waals surface area contributed by atoms with Crippen LogP contribution in [0.15, 0.2) is 24.5 Å². The van der Waals surface area contributed by atoms with E-state index >= 15 is 0 Å². The monoisotopic (exact) mass is 245 g/mol. The van der Waals surface area contributed by atoms with Crippen molar-refractivity contribution < 1.29 is 4.74 Å². The zero-order valence-electron chi connectivity index (χ0n) is 10.7. The summed E-state index contributed by atoms with van der Waals surface area (Å²) >= 11 is 0. The summed E-state index contributed by atoms with van der Waals surface area (Å²) in [7, 11) is 0. The van der Waals surface area contributed by atoms with Gasteiger partial charge in [0.25, 0.3) is 0 Å². The van der Waals surface area contributed by atoms with Gasteiger partial charge in [-0.05, 0) is 24.6 Å².